The summed E-state index contributed by atoms with van der Waals surface area (Å²) in [6.07, 6.45) is 0. The third-order valence-electron chi connectivity index (χ3n) is 5.12. The van der Waals surface area contributed by atoms with Crippen molar-refractivity contribution < 1.29 is 14.3 Å². The van der Waals surface area contributed by atoms with E-state index >= 15 is 0 Å². The van der Waals surface area contributed by atoms with Crippen molar-refractivity contribution in [2.24, 2.45) is 0 Å². The second kappa shape index (κ2) is 7.29. The Balaban J connectivity index is 1.38. The fraction of sp³-hybridized carbons (Fsp3) is 0.350. The smallest absolute Gasteiger partial charge is 0.254 e. The minimum atomic E-state index is 0.0549. The van der Waals surface area contributed by atoms with Gasteiger partial charge in [0, 0.05) is 42.3 Å². The predicted molar refractivity (Wildman–Crippen MR) is 103 cm³/mol. The predicted octanol–water partition coefficient (Wildman–Crippen LogP) is 3.70. The van der Waals surface area contributed by atoms with E-state index in [4.69, 9.17) is 9.47 Å². The summed E-state index contributed by atoms with van der Waals surface area (Å²) in [6, 6.07) is 14.2. The third-order valence-corrected chi connectivity index (χ3v) is 5.65. The van der Waals surface area contributed by atoms with E-state index < -0.39 is 0 Å². The van der Waals surface area contributed by atoms with Crippen LogP contribution in [0.5, 0.6) is 11.5 Å². The fourth-order valence-corrected chi connectivity index (χ4v) is 3.74. The number of hydrogen-bond donors (Lipinski definition) is 0. The quantitative estimate of drug-likeness (QED) is 0.764. The molecular formula is C20H21BrN2O3. The lowest BCUT2D eigenvalue weighted by molar-refractivity contribution is 0.0582. The molecule has 0 bridgehead atoms. The van der Waals surface area contributed by atoms with E-state index in [1.165, 1.54) is 5.56 Å². The second-order valence-electron chi connectivity index (χ2n) is 6.62. The van der Waals surface area contributed by atoms with E-state index in [2.05, 4.69) is 52.0 Å². The molecule has 0 aromatic heterocycles. The highest BCUT2D eigenvalue weighted by atomic mass is 79.9. The van der Waals surface area contributed by atoms with Gasteiger partial charge in [-0.15, -0.1) is 0 Å². The average Bonchev–Trinajstić information content (AvgIpc) is 3.15. The molecule has 2 aliphatic heterocycles. The van der Waals surface area contributed by atoms with Crippen LogP contribution in [0.2, 0.25) is 0 Å². The van der Waals surface area contributed by atoms with Crippen LogP contribution in [0.4, 0.5) is 0 Å². The Morgan fingerprint density at radius 2 is 1.69 bits per heavy atom. The summed E-state index contributed by atoms with van der Waals surface area (Å²) >= 11 is 3.48. The highest BCUT2D eigenvalue weighted by molar-refractivity contribution is 9.10. The summed E-state index contributed by atoms with van der Waals surface area (Å²) in [6.45, 7) is 5.64. The van der Waals surface area contributed by atoms with E-state index in [0.29, 0.717) is 23.1 Å². The summed E-state index contributed by atoms with van der Waals surface area (Å²) < 4.78 is 11.8. The normalized spacial score (nSPS) is 18.0. The SMILES string of the molecule is CC(c1ccc(Br)cc1)N1CCN(C(=O)c2ccc3c(c2)OCO3)CC1. The molecule has 4 rings (SSSR count). The Morgan fingerprint density at radius 3 is 2.42 bits per heavy atom. The van der Waals surface area contributed by atoms with E-state index in [-0.39, 0.29) is 12.7 Å². The maximum Gasteiger partial charge on any atom is 0.254 e. The summed E-state index contributed by atoms with van der Waals surface area (Å²) in [7, 11) is 0. The first kappa shape index (κ1) is 17.4. The number of carbonyl (C=O) groups is 1. The zero-order valence-corrected chi connectivity index (χ0v) is 16.2. The highest BCUT2D eigenvalue weighted by Crippen LogP contribution is 2.33. The van der Waals surface area contributed by atoms with Crippen LogP contribution in [0.15, 0.2) is 46.9 Å². The molecule has 0 saturated carbocycles. The molecule has 0 N–H and O–H groups in total. The Morgan fingerprint density at radius 1 is 1.00 bits per heavy atom. The molecule has 26 heavy (non-hydrogen) atoms. The van der Waals surface area contributed by atoms with E-state index in [9.17, 15) is 4.79 Å². The van der Waals surface area contributed by atoms with E-state index in [1.807, 2.05) is 11.0 Å². The molecule has 2 aliphatic rings. The molecule has 2 aromatic rings. The van der Waals surface area contributed by atoms with Crippen LogP contribution in [0.25, 0.3) is 0 Å². The number of piperazine rings is 1. The van der Waals surface area contributed by atoms with Crippen molar-refractivity contribution in [2.75, 3.05) is 33.0 Å². The molecule has 0 spiro atoms. The maximum atomic E-state index is 12.8. The fourth-order valence-electron chi connectivity index (χ4n) is 3.48. The molecule has 2 heterocycles. The maximum absolute atomic E-state index is 12.8. The van der Waals surface area contributed by atoms with Gasteiger partial charge in [-0.25, -0.2) is 0 Å². The topological polar surface area (TPSA) is 42.0 Å². The number of rotatable bonds is 3. The zero-order valence-electron chi connectivity index (χ0n) is 14.7. The molecule has 1 fully saturated rings. The first-order valence-electron chi connectivity index (χ1n) is 8.80. The van der Waals surface area contributed by atoms with Gasteiger partial charge in [-0.3, -0.25) is 9.69 Å². The number of halogens is 1. The van der Waals surface area contributed by atoms with Crippen LogP contribution >= 0.6 is 15.9 Å². The van der Waals surface area contributed by atoms with Crippen molar-refractivity contribution in [3.63, 3.8) is 0 Å². The molecule has 1 atom stereocenters. The van der Waals surface area contributed by atoms with Gasteiger partial charge in [0.15, 0.2) is 11.5 Å². The number of hydrogen-bond acceptors (Lipinski definition) is 4. The molecule has 1 unspecified atom stereocenters. The van der Waals surface area contributed by atoms with Gasteiger partial charge in [-0.1, -0.05) is 28.1 Å². The Hall–Kier alpha value is -2.05. The Labute approximate surface area is 161 Å². The lowest BCUT2D eigenvalue weighted by atomic mass is 10.1. The molecular weight excluding hydrogens is 396 g/mol. The van der Waals surface area contributed by atoms with Gasteiger partial charge in [0.05, 0.1) is 0 Å². The van der Waals surface area contributed by atoms with Crippen molar-refractivity contribution in [3.05, 3.63) is 58.1 Å². The Kier molecular flexibility index (Phi) is 4.87. The summed E-state index contributed by atoms with van der Waals surface area (Å²) in [5.41, 5.74) is 1.95. The van der Waals surface area contributed by atoms with Crippen molar-refractivity contribution >= 4 is 21.8 Å². The summed E-state index contributed by atoms with van der Waals surface area (Å²) in [4.78, 5) is 17.1. The number of nitrogens with zero attached hydrogens (tertiary/aromatic N) is 2. The molecule has 0 radical (unpaired) electrons. The van der Waals surface area contributed by atoms with Crippen molar-refractivity contribution in [2.45, 2.75) is 13.0 Å². The molecule has 136 valence electrons. The molecule has 1 saturated heterocycles. The van der Waals surface area contributed by atoms with Gasteiger partial charge >= 0.3 is 0 Å². The molecule has 0 aliphatic carbocycles. The van der Waals surface area contributed by atoms with Crippen molar-refractivity contribution in [3.8, 4) is 11.5 Å². The summed E-state index contributed by atoms with van der Waals surface area (Å²) in [5, 5.41) is 0. The van der Waals surface area contributed by atoms with Crippen LogP contribution < -0.4 is 9.47 Å². The first-order chi connectivity index (χ1) is 12.6. The van der Waals surface area contributed by atoms with Crippen molar-refractivity contribution in [1.82, 2.24) is 9.80 Å². The first-order valence-corrected chi connectivity index (χ1v) is 9.59. The van der Waals surface area contributed by atoms with Crippen LogP contribution in [-0.2, 0) is 0 Å². The average molecular weight is 417 g/mol. The van der Waals surface area contributed by atoms with Gasteiger partial charge in [-0.2, -0.15) is 0 Å². The van der Waals surface area contributed by atoms with E-state index in [0.717, 1.165) is 30.7 Å². The standard InChI is InChI=1S/C20H21BrN2O3/c1-14(15-2-5-17(21)6-3-15)22-8-10-23(11-9-22)20(24)16-4-7-18-19(12-16)26-13-25-18/h2-7,12,14H,8-11,13H2,1H3. The lowest BCUT2D eigenvalue weighted by Crippen LogP contribution is -2.49. The second-order valence-corrected chi connectivity index (χ2v) is 7.54. The van der Waals surface area contributed by atoms with Crippen molar-refractivity contribution in [1.29, 1.82) is 0 Å². The minimum absolute atomic E-state index is 0.0549. The van der Waals surface area contributed by atoms with Gasteiger partial charge < -0.3 is 14.4 Å². The van der Waals surface area contributed by atoms with Gasteiger partial charge in [0.2, 0.25) is 6.79 Å². The number of ether oxygens (including phenoxy) is 2. The van der Waals surface area contributed by atoms with Gasteiger partial charge in [0.25, 0.3) is 5.91 Å². The molecule has 6 heteroatoms. The van der Waals surface area contributed by atoms with E-state index in [1.54, 1.807) is 12.1 Å². The molecule has 2 aromatic carbocycles. The van der Waals surface area contributed by atoms with Crippen LogP contribution in [0, 0.1) is 0 Å². The molecule has 1 amide bonds. The van der Waals surface area contributed by atoms with Crippen LogP contribution in [0.3, 0.4) is 0 Å². The number of amides is 1. The number of benzene rings is 2. The minimum Gasteiger partial charge on any atom is -0.454 e. The highest BCUT2D eigenvalue weighted by Gasteiger charge is 2.26. The van der Waals surface area contributed by atoms with Crippen LogP contribution in [0.1, 0.15) is 28.9 Å². The largest absolute Gasteiger partial charge is 0.454 e. The zero-order chi connectivity index (χ0) is 18.1. The number of fused-ring (bicyclic) bond motifs is 1. The van der Waals surface area contributed by atoms with Crippen LogP contribution in [-0.4, -0.2) is 48.7 Å². The Bertz CT molecular complexity index is 801. The lowest BCUT2D eigenvalue weighted by Gasteiger charge is -2.38. The summed E-state index contributed by atoms with van der Waals surface area (Å²) in [5.74, 6) is 1.41. The van der Waals surface area contributed by atoms with Gasteiger partial charge in [-0.05, 0) is 42.8 Å². The van der Waals surface area contributed by atoms with Gasteiger partial charge in [0.1, 0.15) is 0 Å². The third kappa shape index (κ3) is 3.44. The molecule has 5 nitrogen and oxygen atoms in total. The monoisotopic (exact) mass is 416 g/mol. The number of carbonyl (C=O) groups excluding carboxylic acids is 1.